The average molecular weight is 409 g/mol. The molecule has 0 bridgehead atoms. The Kier molecular flexibility index (Phi) is 4.86. The van der Waals surface area contributed by atoms with Crippen molar-refractivity contribution in [2.75, 3.05) is 12.3 Å². The molecular formula is C10H13N5O9P2. The lowest BCUT2D eigenvalue weighted by Crippen LogP contribution is -2.20. The Morgan fingerprint density at radius 3 is 2.69 bits per heavy atom. The predicted octanol–water partition coefficient (Wildman–Crippen LogP) is -0.592. The van der Waals surface area contributed by atoms with Gasteiger partial charge in [0.25, 0.3) is 0 Å². The lowest BCUT2D eigenvalue weighted by atomic mass is 10.3. The van der Waals surface area contributed by atoms with Crippen LogP contribution in [0.1, 0.15) is 6.23 Å². The third-order valence-electron chi connectivity index (χ3n) is 3.16. The van der Waals surface area contributed by atoms with E-state index in [1.54, 1.807) is 0 Å². The van der Waals surface area contributed by atoms with Gasteiger partial charge in [-0.25, -0.2) is 24.1 Å². The molecule has 6 N–H and O–H groups in total. The second-order valence-electron chi connectivity index (χ2n) is 5.03. The number of nitrogens with zero attached hydrogens (tertiary/aromatic N) is 4. The number of hydrogen-bond donors (Lipinski definition) is 5. The molecule has 1 aliphatic rings. The van der Waals surface area contributed by atoms with E-state index in [1.807, 2.05) is 0 Å². The molecule has 14 nitrogen and oxygen atoms in total. The van der Waals surface area contributed by atoms with Crippen molar-refractivity contribution in [3.8, 4) is 0 Å². The van der Waals surface area contributed by atoms with Gasteiger partial charge in [-0.15, -0.1) is 0 Å². The van der Waals surface area contributed by atoms with E-state index in [0.29, 0.717) is 5.52 Å². The molecule has 0 aromatic carbocycles. The van der Waals surface area contributed by atoms with E-state index in [4.69, 9.17) is 20.3 Å². The first-order valence-electron chi connectivity index (χ1n) is 6.78. The molecule has 0 radical (unpaired) electrons. The van der Waals surface area contributed by atoms with Gasteiger partial charge in [-0.05, 0) is 6.08 Å². The maximum Gasteiger partial charge on any atom is 0.481 e. The summed E-state index contributed by atoms with van der Waals surface area (Å²) in [5, 5.41) is 10.1. The minimum Gasteiger partial charge on any atom is -0.469 e. The second kappa shape index (κ2) is 6.68. The third kappa shape index (κ3) is 4.09. The Bertz CT molecular complexity index is 956. The molecule has 1 unspecified atom stereocenters. The minimum atomic E-state index is -5.23. The first-order valence-corrected chi connectivity index (χ1v) is 9.81. The number of nitrogen functional groups attached to an aromatic ring is 1. The largest absolute Gasteiger partial charge is 0.481 e. The number of imidazole rings is 1. The van der Waals surface area contributed by atoms with Crippen LogP contribution in [0.25, 0.3) is 11.2 Å². The van der Waals surface area contributed by atoms with Gasteiger partial charge in [0, 0.05) is 0 Å². The molecule has 3 atom stereocenters. The van der Waals surface area contributed by atoms with Crippen LogP contribution < -0.4 is 5.73 Å². The van der Waals surface area contributed by atoms with Crippen LogP contribution in [0.2, 0.25) is 0 Å². The van der Waals surface area contributed by atoms with Gasteiger partial charge in [-0.2, -0.15) is 4.31 Å². The van der Waals surface area contributed by atoms with Crippen molar-refractivity contribution in [2.24, 2.45) is 0 Å². The highest BCUT2D eigenvalue weighted by Gasteiger charge is 2.35. The zero-order chi connectivity index (χ0) is 19.1. The predicted molar refractivity (Wildman–Crippen MR) is 82.9 cm³/mol. The molecule has 2 aromatic heterocycles. The van der Waals surface area contributed by atoms with Crippen LogP contribution in [-0.4, -0.2) is 52.0 Å². The van der Waals surface area contributed by atoms with Crippen LogP contribution in [-0.2, 0) is 22.7 Å². The van der Waals surface area contributed by atoms with E-state index in [0.717, 1.165) is 0 Å². The molecule has 0 saturated carbocycles. The van der Waals surface area contributed by atoms with E-state index < -0.39 is 34.6 Å². The zero-order valence-electron chi connectivity index (χ0n) is 12.7. The zero-order valence-corrected chi connectivity index (χ0v) is 14.5. The van der Waals surface area contributed by atoms with Crippen molar-refractivity contribution in [1.82, 2.24) is 19.5 Å². The SMILES string of the molecule is Nc1ncnc2c1ncn2[C@@H]1OC(COP(=O)(O)OP(=O)(O)O)=C[C@@H]1O. The molecule has 1 aliphatic heterocycles. The summed E-state index contributed by atoms with van der Waals surface area (Å²) in [7, 11) is -10.3. The van der Waals surface area contributed by atoms with Crippen molar-refractivity contribution < 1.29 is 42.5 Å². The summed E-state index contributed by atoms with van der Waals surface area (Å²) in [5.41, 5.74) is 6.26. The summed E-state index contributed by atoms with van der Waals surface area (Å²) >= 11 is 0. The van der Waals surface area contributed by atoms with Gasteiger partial charge >= 0.3 is 15.6 Å². The molecule has 3 rings (SSSR count). The van der Waals surface area contributed by atoms with Crippen LogP contribution in [0.3, 0.4) is 0 Å². The molecule has 0 spiro atoms. The molecule has 0 aliphatic carbocycles. The molecule has 2 aromatic rings. The lowest BCUT2D eigenvalue weighted by Gasteiger charge is -2.18. The molecular weight excluding hydrogens is 396 g/mol. The average Bonchev–Trinajstić information content (AvgIpc) is 3.07. The van der Waals surface area contributed by atoms with E-state index in [-0.39, 0.29) is 17.2 Å². The molecule has 16 heteroatoms. The van der Waals surface area contributed by atoms with Crippen LogP contribution in [0, 0.1) is 0 Å². The standard InChI is InChI=1S/C10H13N5O9P2/c11-8-7-9(13-3-12-8)15(4-14-7)10-6(16)1-5(23-10)2-22-26(20,21)24-25(17,18)19/h1,3-4,6,10,16H,2H2,(H,20,21)(H2,11,12,13)(H2,17,18,19)/t6-,10+/m0/s1. The Morgan fingerprint density at radius 2 is 2.00 bits per heavy atom. The van der Waals surface area contributed by atoms with Crippen molar-refractivity contribution in [3.05, 3.63) is 24.5 Å². The molecule has 0 fully saturated rings. The number of rotatable bonds is 6. The minimum absolute atomic E-state index is 0.0741. The third-order valence-corrected chi connectivity index (χ3v) is 5.29. The molecule has 26 heavy (non-hydrogen) atoms. The fraction of sp³-hybridized carbons (Fsp3) is 0.300. The number of aliphatic hydroxyl groups is 1. The van der Waals surface area contributed by atoms with Crippen LogP contribution >= 0.6 is 15.6 Å². The number of nitrogens with two attached hydrogens (primary N) is 1. The fourth-order valence-corrected chi connectivity index (χ4v) is 3.75. The molecule has 3 heterocycles. The molecule has 0 amide bonds. The van der Waals surface area contributed by atoms with E-state index in [9.17, 15) is 19.1 Å². The summed E-state index contributed by atoms with van der Waals surface area (Å²) in [4.78, 5) is 38.1. The van der Waals surface area contributed by atoms with Gasteiger partial charge in [0.15, 0.2) is 11.5 Å². The lowest BCUT2D eigenvalue weighted by molar-refractivity contribution is -0.00503. The number of phosphoric acid groups is 2. The summed E-state index contributed by atoms with van der Waals surface area (Å²) in [6.07, 6.45) is 1.49. The van der Waals surface area contributed by atoms with Crippen molar-refractivity contribution in [2.45, 2.75) is 12.3 Å². The molecule has 0 saturated heterocycles. The number of anilines is 1. The number of fused-ring (bicyclic) bond motifs is 1. The van der Waals surface area contributed by atoms with Gasteiger partial charge in [0.1, 0.15) is 36.6 Å². The number of aromatic nitrogens is 4. The second-order valence-corrected chi connectivity index (χ2v) is 7.86. The summed E-state index contributed by atoms with van der Waals surface area (Å²) in [6, 6.07) is 0. The van der Waals surface area contributed by atoms with Gasteiger partial charge in [0.05, 0.1) is 0 Å². The highest BCUT2D eigenvalue weighted by atomic mass is 31.3. The number of hydrogen-bond acceptors (Lipinski definition) is 10. The van der Waals surface area contributed by atoms with Crippen LogP contribution in [0.4, 0.5) is 5.82 Å². The normalized spacial score (nSPS) is 22.8. The smallest absolute Gasteiger partial charge is 0.469 e. The fourth-order valence-electron chi connectivity index (χ4n) is 2.20. The number of phosphoric ester groups is 1. The van der Waals surface area contributed by atoms with Crippen LogP contribution in [0.15, 0.2) is 24.5 Å². The highest BCUT2D eigenvalue weighted by Crippen LogP contribution is 2.57. The topological polar surface area (TPSA) is 212 Å². The van der Waals surface area contributed by atoms with E-state index in [2.05, 4.69) is 23.8 Å². The Hall–Kier alpha value is -1.89. The van der Waals surface area contributed by atoms with Gasteiger partial charge < -0.3 is 30.3 Å². The first-order chi connectivity index (χ1) is 12.1. The number of ether oxygens (including phenoxy) is 1. The summed E-state index contributed by atoms with van der Waals surface area (Å²) < 4.78 is 36.9. The summed E-state index contributed by atoms with van der Waals surface area (Å²) in [6.45, 7) is -0.689. The van der Waals surface area contributed by atoms with Gasteiger partial charge in [-0.3, -0.25) is 9.09 Å². The van der Waals surface area contributed by atoms with E-state index >= 15 is 0 Å². The molecule has 142 valence electrons. The van der Waals surface area contributed by atoms with E-state index in [1.165, 1.54) is 23.3 Å². The van der Waals surface area contributed by atoms with Gasteiger partial charge in [0.2, 0.25) is 6.23 Å². The summed E-state index contributed by atoms with van der Waals surface area (Å²) in [5.74, 6) is 0.0588. The van der Waals surface area contributed by atoms with Gasteiger partial charge in [-0.1, -0.05) is 0 Å². The highest BCUT2D eigenvalue weighted by molar-refractivity contribution is 7.60. The quantitative estimate of drug-likeness (QED) is 0.378. The Balaban J connectivity index is 1.71. The number of aliphatic hydroxyl groups excluding tert-OH is 1. The van der Waals surface area contributed by atoms with Crippen molar-refractivity contribution >= 4 is 32.6 Å². The first kappa shape index (κ1) is 18.9. The van der Waals surface area contributed by atoms with Crippen molar-refractivity contribution in [1.29, 1.82) is 0 Å². The Labute approximate surface area is 144 Å². The maximum atomic E-state index is 11.4. The van der Waals surface area contributed by atoms with Crippen LogP contribution in [0.5, 0.6) is 0 Å². The monoisotopic (exact) mass is 409 g/mol. The Morgan fingerprint density at radius 1 is 1.27 bits per heavy atom. The van der Waals surface area contributed by atoms with Crippen molar-refractivity contribution in [3.63, 3.8) is 0 Å². The maximum absolute atomic E-state index is 11.4.